The van der Waals surface area contributed by atoms with E-state index in [0.717, 1.165) is 88.2 Å². The summed E-state index contributed by atoms with van der Waals surface area (Å²) in [4.78, 5) is 11.1. The molecule has 0 spiro atoms. The van der Waals surface area contributed by atoms with Crippen LogP contribution in [-0.4, -0.2) is 0 Å². The summed E-state index contributed by atoms with van der Waals surface area (Å²) in [6.45, 7) is 15.2. The molecular weight excluding hydrogens is 939 g/mol. The molecule has 8 heteroatoms. The zero-order valence-electron chi connectivity index (χ0n) is 40.4. The molecule has 12 rings (SSSR count). The third-order valence-corrected chi connectivity index (χ3v) is 14.0. The number of nitriles is 2. The van der Waals surface area contributed by atoms with E-state index in [1.807, 2.05) is 107 Å². The predicted octanol–water partition coefficient (Wildman–Crippen LogP) is 19.3. The second kappa shape index (κ2) is 19.3. The number of nitrogens with zero attached hydrogens (tertiary/aromatic N) is 6. The average Bonchev–Trinajstić information content (AvgIpc) is 3.54. The van der Waals surface area contributed by atoms with Gasteiger partial charge in [-0.1, -0.05) is 133 Å². The fraction of sp³-hybridized carbons (Fsp3) is 0. The Bertz CT molecular complexity index is 3970. The van der Waals surface area contributed by atoms with Gasteiger partial charge in [0.05, 0.1) is 59.2 Å². The molecule has 0 heterocycles. The first kappa shape index (κ1) is 46.2. The molecule has 6 nitrogen and oxygen atoms in total. The highest BCUT2D eigenvalue weighted by Crippen LogP contribution is 2.50. The first-order chi connectivity index (χ1) is 37.3. The van der Waals surface area contributed by atoms with Gasteiger partial charge in [0, 0.05) is 22.1 Å². The highest BCUT2D eigenvalue weighted by atomic mass is 19.1. The number of halogens is 2. The molecule has 0 unspecified atom stereocenters. The van der Waals surface area contributed by atoms with Crippen molar-refractivity contribution >= 4 is 77.8 Å². The minimum absolute atomic E-state index is 0.330. The van der Waals surface area contributed by atoms with Gasteiger partial charge in [-0.15, -0.1) is 0 Å². The monoisotopic (exact) mass is 976 g/mol. The van der Waals surface area contributed by atoms with Crippen LogP contribution < -0.4 is 9.80 Å². The van der Waals surface area contributed by atoms with Crippen LogP contribution in [0.1, 0.15) is 11.1 Å². The van der Waals surface area contributed by atoms with Gasteiger partial charge < -0.3 is 9.80 Å². The molecular formula is C68H38F2N6. The Morgan fingerprint density at radius 3 is 1.00 bits per heavy atom. The second-order valence-corrected chi connectivity index (χ2v) is 18.4. The van der Waals surface area contributed by atoms with Crippen LogP contribution >= 0.6 is 0 Å². The van der Waals surface area contributed by atoms with Crippen molar-refractivity contribution in [2.24, 2.45) is 0 Å². The summed E-state index contributed by atoms with van der Waals surface area (Å²) in [5, 5.41) is 24.8. The first-order valence-corrected chi connectivity index (χ1v) is 24.4. The molecule has 12 aromatic carbocycles. The predicted molar refractivity (Wildman–Crippen MR) is 303 cm³/mol. The maximum atomic E-state index is 16.7. The van der Waals surface area contributed by atoms with E-state index in [-0.39, 0.29) is 0 Å². The summed E-state index contributed by atoms with van der Waals surface area (Å²) in [6, 6.07) is 76.3. The number of hydrogen-bond donors (Lipinski definition) is 0. The average molecular weight is 977 g/mol. The Hall–Kier alpha value is -10.9. The zero-order chi connectivity index (χ0) is 51.9. The molecule has 0 fully saturated rings. The molecule has 0 radical (unpaired) electrons. The minimum Gasteiger partial charge on any atom is -0.307 e. The van der Waals surface area contributed by atoms with Gasteiger partial charge in [0.25, 0.3) is 0 Å². The van der Waals surface area contributed by atoms with Crippen LogP contribution in [0.5, 0.6) is 0 Å². The van der Waals surface area contributed by atoms with Crippen molar-refractivity contribution in [1.29, 1.82) is 10.5 Å². The molecule has 0 aliphatic rings. The van der Waals surface area contributed by atoms with Gasteiger partial charge in [0.2, 0.25) is 0 Å². The molecule has 0 saturated heterocycles. The van der Waals surface area contributed by atoms with Crippen LogP contribution in [0.3, 0.4) is 0 Å². The van der Waals surface area contributed by atoms with Crippen molar-refractivity contribution in [3.63, 3.8) is 0 Å². The third-order valence-electron chi connectivity index (χ3n) is 14.0. The topological polar surface area (TPSA) is 62.8 Å². The standard InChI is InChI=1S/C68H38F2N6/c1-73-55-27-19-47(20-28-55)53-35-51(45-15-11-43(41-71)12-16-45)37-57(39-53)75(65-9-5-3-7-61(65)69)63-33-25-49-24-32-60-64(34-26-50-23-31-59(63)67(49)68(50)60)76(66-10-6-4-8-62(66)70)58-38-52(46-17-13-44(42-72)14-18-46)36-54(40-58)48-21-29-56(74-2)30-22-48/h3-40H. The van der Waals surface area contributed by atoms with Gasteiger partial charge in [0.15, 0.2) is 11.4 Å². The number of rotatable bonds is 10. The summed E-state index contributed by atoms with van der Waals surface area (Å²) >= 11 is 0. The van der Waals surface area contributed by atoms with Gasteiger partial charge in [-0.25, -0.2) is 18.5 Å². The molecule has 0 atom stereocenters. The summed E-state index contributed by atoms with van der Waals surface area (Å²) < 4.78 is 33.4. The van der Waals surface area contributed by atoms with Gasteiger partial charge in [-0.2, -0.15) is 10.5 Å². The van der Waals surface area contributed by atoms with Crippen molar-refractivity contribution in [3.8, 4) is 56.6 Å². The molecule has 76 heavy (non-hydrogen) atoms. The maximum Gasteiger partial charge on any atom is 0.187 e. The van der Waals surface area contributed by atoms with E-state index < -0.39 is 11.6 Å². The molecule has 0 aromatic heterocycles. The molecule has 0 N–H and O–H groups in total. The Morgan fingerprint density at radius 2 is 0.671 bits per heavy atom. The lowest BCUT2D eigenvalue weighted by atomic mass is 9.91. The van der Waals surface area contributed by atoms with Gasteiger partial charge in [-0.3, -0.25) is 0 Å². The van der Waals surface area contributed by atoms with Crippen molar-refractivity contribution in [3.05, 3.63) is 276 Å². The summed E-state index contributed by atoms with van der Waals surface area (Å²) in [5.41, 5.74) is 12.4. The molecule has 0 amide bonds. The number of para-hydroxylation sites is 2. The van der Waals surface area contributed by atoms with E-state index in [2.05, 4.69) is 70.4 Å². The van der Waals surface area contributed by atoms with E-state index in [4.69, 9.17) is 13.1 Å². The Kier molecular flexibility index (Phi) is 11.7. The van der Waals surface area contributed by atoms with E-state index >= 15 is 8.78 Å². The minimum atomic E-state index is -0.423. The first-order valence-electron chi connectivity index (χ1n) is 24.4. The second-order valence-electron chi connectivity index (χ2n) is 18.4. The Labute approximate surface area is 437 Å². The van der Waals surface area contributed by atoms with E-state index in [0.29, 0.717) is 45.3 Å². The van der Waals surface area contributed by atoms with E-state index in [9.17, 15) is 10.5 Å². The quantitative estimate of drug-likeness (QED) is 0.101. The SMILES string of the molecule is [C-]#[N+]c1ccc(-c2cc(-c3ccc(C#N)cc3)cc(N(c3ccccc3F)c3ccc4ccc5c(N(c6cc(-c7ccc(C#N)cc7)cc(-c7ccc([N+]#[C-])cc7)c6)c6ccccc6F)ccc6ccc3c4c65)c2)cc1. The largest absolute Gasteiger partial charge is 0.307 e. The highest BCUT2D eigenvalue weighted by Gasteiger charge is 2.25. The Morgan fingerprint density at radius 1 is 0.342 bits per heavy atom. The molecule has 0 aliphatic carbocycles. The molecule has 0 saturated carbocycles. The highest BCUT2D eigenvalue weighted by molar-refractivity contribution is 6.28. The van der Waals surface area contributed by atoms with Crippen molar-refractivity contribution < 1.29 is 8.78 Å². The normalized spacial score (nSPS) is 11.0. The van der Waals surface area contributed by atoms with Crippen LogP contribution in [0.4, 0.5) is 54.3 Å². The molecule has 0 aliphatic heterocycles. The summed E-state index contributed by atoms with van der Waals surface area (Å²) in [7, 11) is 0. The molecule has 12 aromatic rings. The lowest BCUT2D eigenvalue weighted by molar-refractivity contribution is 0.628. The summed E-state index contributed by atoms with van der Waals surface area (Å²) in [6.07, 6.45) is 0. The fourth-order valence-electron chi connectivity index (χ4n) is 10.3. The van der Waals surface area contributed by atoms with E-state index in [1.165, 1.54) is 12.1 Å². The zero-order valence-corrected chi connectivity index (χ0v) is 40.4. The van der Waals surface area contributed by atoms with E-state index in [1.54, 1.807) is 72.8 Å². The molecule has 0 bridgehead atoms. The molecule has 354 valence electrons. The number of benzene rings is 12. The van der Waals surface area contributed by atoms with Gasteiger partial charge in [0.1, 0.15) is 11.6 Å². The van der Waals surface area contributed by atoms with Gasteiger partial charge in [-0.05, 0) is 163 Å². The van der Waals surface area contributed by atoms with Crippen LogP contribution in [0, 0.1) is 47.4 Å². The lowest BCUT2D eigenvalue weighted by Gasteiger charge is -2.30. The number of anilines is 6. The third kappa shape index (κ3) is 8.31. The van der Waals surface area contributed by atoms with Gasteiger partial charge >= 0.3 is 0 Å². The fourth-order valence-corrected chi connectivity index (χ4v) is 10.3. The van der Waals surface area contributed by atoms with Crippen molar-refractivity contribution in [2.45, 2.75) is 0 Å². The Balaban J connectivity index is 1.10. The van der Waals surface area contributed by atoms with Crippen LogP contribution in [0.25, 0.3) is 86.5 Å². The van der Waals surface area contributed by atoms with Crippen LogP contribution in [0.2, 0.25) is 0 Å². The van der Waals surface area contributed by atoms with Crippen molar-refractivity contribution in [1.82, 2.24) is 0 Å². The number of hydrogen-bond acceptors (Lipinski definition) is 4. The smallest absolute Gasteiger partial charge is 0.187 e. The van der Waals surface area contributed by atoms with Crippen LogP contribution in [-0.2, 0) is 0 Å². The summed E-state index contributed by atoms with van der Waals surface area (Å²) in [5.74, 6) is -0.847. The van der Waals surface area contributed by atoms with Crippen LogP contribution in [0.15, 0.2) is 231 Å². The van der Waals surface area contributed by atoms with Crippen molar-refractivity contribution in [2.75, 3.05) is 9.80 Å². The maximum absolute atomic E-state index is 16.7. The lowest BCUT2D eigenvalue weighted by Crippen LogP contribution is -2.13.